The molecule has 0 aromatic heterocycles. The third kappa shape index (κ3) is 34.5. The van der Waals surface area contributed by atoms with E-state index in [1.165, 1.54) is 0 Å². The molecular formula is C74H120N10O30. The van der Waals surface area contributed by atoms with Crippen LogP contribution < -0.4 is 53.6 Å². The molecule has 5 aliphatic rings. The molecule has 646 valence electrons. The van der Waals surface area contributed by atoms with Crippen molar-refractivity contribution in [1.82, 2.24) is 47.9 Å². The molecule has 5 aliphatic heterocycles. The Kier molecular flexibility index (Phi) is 43.9. The van der Waals surface area contributed by atoms with E-state index in [1.807, 2.05) is 30.3 Å². The van der Waals surface area contributed by atoms with E-state index in [4.69, 9.17) is 53.1 Å². The number of carbonyl (C=O) groups is 11. The van der Waals surface area contributed by atoms with Crippen LogP contribution in [-0.2, 0) is 107 Å². The summed E-state index contributed by atoms with van der Waals surface area (Å²) in [5.74, 6) is -5.82. The molecule has 20 N–H and O–H groups in total. The number of aliphatic hydroxyl groups excluding tert-OH is 9. The van der Waals surface area contributed by atoms with Crippen LogP contribution in [0.4, 0.5) is 0 Å². The lowest BCUT2D eigenvalue weighted by atomic mass is 9.95. The van der Waals surface area contributed by atoms with Gasteiger partial charge in [-0.15, -0.1) is 0 Å². The zero-order valence-electron chi connectivity index (χ0n) is 64.5. The highest BCUT2D eigenvalue weighted by Crippen LogP contribution is 2.29. The van der Waals surface area contributed by atoms with Gasteiger partial charge in [0.25, 0.3) is 0 Å². The number of amides is 10. The molecule has 6 rings (SSSR count). The number of primary amides is 1. The Labute approximate surface area is 661 Å². The van der Waals surface area contributed by atoms with Crippen LogP contribution >= 0.6 is 0 Å². The first-order chi connectivity index (χ1) is 54.8. The van der Waals surface area contributed by atoms with Gasteiger partial charge in [0, 0.05) is 77.8 Å². The normalized spacial score (nSPS) is 25.6. The number of hydrogen-bond donors (Lipinski definition) is 19. The Morgan fingerprint density at radius 2 is 0.860 bits per heavy atom. The number of nitrogens with two attached hydrogens (primary N) is 1. The maximum absolute atomic E-state index is 14.0. The molecule has 40 nitrogen and oxygen atoms in total. The van der Waals surface area contributed by atoms with Crippen molar-refractivity contribution < 1.29 is 146 Å². The second-order valence-corrected chi connectivity index (χ2v) is 28.9. The zero-order chi connectivity index (χ0) is 82.8. The van der Waals surface area contributed by atoms with Crippen LogP contribution in [0.15, 0.2) is 30.3 Å². The maximum atomic E-state index is 14.0. The van der Waals surface area contributed by atoms with E-state index >= 15 is 0 Å². The van der Waals surface area contributed by atoms with Crippen LogP contribution in [0.1, 0.15) is 153 Å². The Balaban J connectivity index is 0.972. The van der Waals surface area contributed by atoms with Crippen molar-refractivity contribution in [1.29, 1.82) is 0 Å². The molecule has 5 heterocycles. The highest BCUT2D eigenvalue weighted by Gasteiger charge is 2.52. The van der Waals surface area contributed by atoms with E-state index in [2.05, 4.69) is 47.9 Å². The summed E-state index contributed by atoms with van der Waals surface area (Å²) < 4.78 is 56.8. The van der Waals surface area contributed by atoms with Crippen molar-refractivity contribution in [2.75, 3.05) is 98.7 Å². The van der Waals surface area contributed by atoms with Crippen LogP contribution in [0.5, 0.6) is 0 Å². The molecule has 0 saturated carbocycles. The summed E-state index contributed by atoms with van der Waals surface area (Å²) in [7, 11) is 0. The number of carbonyl (C=O) groups excluding carboxylic acids is 11. The second kappa shape index (κ2) is 52.4. The molecule has 0 bridgehead atoms. The number of hydrogen-bond acceptors (Lipinski definition) is 30. The lowest BCUT2D eigenvalue weighted by Crippen LogP contribution is -2.69. The SMILES string of the molecule is NC(=O)[C@H](CC(=O)NCCCCNC(=O)CCOCC(COCCC(=O)NCCCCNC(=O)C[C@@H]1O[C@H]2O[C@H](CO)[C@H](O)[C@H](O)[C@H]2NC1=O)(COCCC(=O)NCCCCNC(=O)C[C@@H]1O[C@H]2O[C@H](CO)[C@H](O)[C@H](O)[C@H]2NC1=O)NC(=O)CCCCCCCCCCC(=O)OCc1ccccc1)O[C@@H]1C[C@@H](O)[C@@H](O)[C@@H](CO)O1. The van der Waals surface area contributed by atoms with Gasteiger partial charge in [0.05, 0.1) is 84.8 Å². The van der Waals surface area contributed by atoms with E-state index in [1.54, 1.807) is 0 Å². The summed E-state index contributed by atoms with van der Waals surface area (Å²) in [6.45, 7) is -1.75. The van der Waals surface area contributed by atoms with Gasteiger partial charge in [-0.25, -0.2) is 0 Å². The average Bonchev–Trinajstić information content (AvgIpc) is 0.786. The molecule has 0 aliphatic carbocycles. The number of fused-ring (bicyclic) bond motifs is 2. The number of benzene rings is 1. The molecule has 0 unspecified atom stereocenters. The van der Waals surface area contributed by atoms with Crippen LogP contribution in [0, 0.1) is 0 Å². The first-order valence-electron chi connectivity index (χ1n) is 39.4. The van der Waals surface area contributed by atoms with E-state index in [9.17, 15) is 98.7 Å². The third-order valence-corrected chi connectivity index (χ3v) is 19.5. The number of morpholine rings is 2. The van der Waals surface area contributed by atoms with E-state index < -0.39 is 177 Å². The Morgan fingerprint density at radius 3 is 1.28 bits per heavy atom. The summed E-state index contributed by atoms with van der Waals surface area (Å²) in [6, 6.07) is 7.20. The maximum Gasteiger partial charge on any atom is 0.306 e. The lowest BCUT2D eigenvalue weighted by Gasteiger charge is -2.46. The standard InChI is InChI=1S/C74H120N10O30/c75-69(102)47(109-61-34-46(88)64(97)50(38-85)110-61)35-57(93)79-28-15-12-25-76-53(89)22-31-105-42-74(84-56(92)20-10-5-3-1-2-4-6-11-21-60(96)108-41-45-18-8-7-9-19-45,43-106-32-23-54(90)77-26-13-16-29-80-58(94)36-48-70(103)82-62-67(100)65(98)51(39-86)113-72(62)111-48)44-107-33-24-55(91)78-27-14-17-30-81-59(95)37-49-71(104)83-63-68(101)66(99)52(40-87)114-73(63)112-49/h7-9,18-19,46-52,61-68,72-73,85-88,97-101H,1-6,10-17,20-44H2,(H2,75,102)(H,76,89)(H,77,90)(H,78,91)(H,79,93)(H,80,94)(H,81,95)(H,82,103)(H,83,104)(H,84,92)/t46-,47+,48+,49+,50-,51-,52-,61+,62-,63-,64-,65+,66+,67-,68-,72+,73+/m1/s1. The van der Waals surface area contributed by atoms with Crippen molar-refractivity contribution in [2.45, 2.75) is 264 Å². The highest BCUT2D eigenvalue weighted by molar-refractivity contribution is 5.89. The topological polar surface area (TPSA) is 596 Å². The Hall–Kier alpha value is -7.33. The molecule has 114 heavy (non-hydrogen) atoms. The van der Waals surface area contributed by atoms with Gasteiger partial charge < -0.3 is 147 Å². The first kappa shape index (κ1) is 95.5. The fourth-order valence-corrected chi connectivity index (χ4v) is 12.9. The first-order valence-corrected chi connectivity index (χ1v) is 39.4. The van der Waals surface area contributed by atoms with Crippen LogP contribution in [-0.4, -0.2) is 319 Å². The van der Waals surface area contributed by atoms with Crippen molar-refractivity contribution >= 4 is 65.0 Å². The average molecular weight is 1630 g/mol. The number of aliphatic hydroxyl groups is 9. The van der Waals surface area contributed by atoms with Gasteiger partial charge in [0.15, 0.2) is 18.9 Å². The molecular weight excluding hydrogens is 1510 g/mol. The number of ether oxygens (including phenoxy) is 10. The van der Waals surface area contributed by atoms with Gasteiger partial charge >= 0.3 is 5.97 Å². The van der Waals surface area contributed by atoms with Gasteiger partial charge in [0.1, 0.15) is 91.4 Å². The van der Waals surface area contributed by atoms with Crippen molar-refractivity contribution in [3.05, 3.63) is 35.9 Å². The quantitative estimate of drug-likeness (QED) is 0.0213. The molecule has 17 atom stereocenters. The second-order valence-electron chi connectivity index (χ2n) is 28.9. The van der Waals surface area contributed by atoms with Crippen LogP contribution in [0.3, 0.4) is 0 Å². The predicted molar refractivity (Wildman–Crippen MR) is 395 cm³/mol. The summed E-state index contributed by atoms with van der Waals surface area (Å²) in [5.41, 5.74) is 4.93. The fourth-order valence-electron chi connectivity index (χ4n) is 12.9. The minimum Gasteiger partial charge on any atom is -0.461 e. The number of rotatable bonds is 56. The van der Waals surface area contributed by atoms with Crippen molar-refractivity contribution in [2.24, 2.45) is 5.73 Å². The Morgan fingerprint density at radius 1 is 0.465 bits per heavy atom. The summed E-state index contributed by atoms with van der Waals surface area (Å²) in [4.78, 5) is 142. The number of esters is 1. The largest absolute Gasteiger partial charge is 0.461 e. The predicted octanol–water partition coefficient (Wildman–Crippen LogP) is -5.74. The van der Waals surface area contributed by atoms with E-state index in [0.717, 1.165) is 44.1 Å². The molecule has 10 amide bonds. The van der Waals surface area contributed by atoms with Gasteiger partial charge in [-0.2, -0.15) is 0 Å². The van der Waals surface area contributed by atoms with Gasteiger partial charge in [-0.05, 0) is 56.9 Å². The minimum absolute atomic E-state index is 0.0972. The monoisotopic (exact) mass is 1630 g/mol. The smallest absolute Gasteiger partial charge is 0.306 e. The molecule has 40 heteroatoms. The lowest BCUT2D eigenvalue weighted by molar-refractivity contribution is -0.290. The minimum atomic E-state index is -1.48. The number of nitrogens with one attached hydrogen (secondary N) is 9. The molecule has 0 radical (unpaired) electrons. The molecule has 5 fully saturated rings. The molecule has 5 saturated heterocycles. The van der Waals surface area contributed by atoms with Crippen LogP contribution in [0.25, 0.3) is 0 Å². The van der Waals surface area contributed by atoms with Crippen molar-refractivity contribution in [3.63, 3.8) is 0 Å². The van der Waals surface area contributed by atoms with E-state index in [-0.39, 0.29) is 154 Å². The third-order valence-electron chi connectivity index (χ3n) is 19.5. The van der Waals surface area contributed by atoms with Gasteiger partial charge in [-0.3, -0.25) is 52.7 Å². The van der Waals surface area contributed by atoms with E-state index in [0.29, 0.717) is 57.8 Å². The molecule has 0 spiro atoms. The van der Waals surface area contributed by atoms with Crippen molar-refractivity contribution in [3.8, 4) is 0 Å². The molecule has 1 aromatic carbocycles. The molecule has 1 aromatic rings. The summed E-state index contributed by atoms with van der Waals surface area (Å²) >= 11 is 0. The van der Waals surface area contributed by atoms with Crippen LogP contribution in [0.2, 0.25) is 0 Å². The summed E-state index contributed by atoms with van der Waals surface area (Å²) in [6.07, 6.45) is -12.4. The van der Waals surface area contributed by atoms with Gasteiger partial charge in [-0.1, -0.05) is 68.9 Å². The van der Waals surface area contributed by atoms with Gasteiger partial charge in [0.2, 0.25) is 59.1 Å². The fraction of sp³-hybridized carbons (Fsp3) is 0.770. The zero-order valence-corrected chi connectivity index (χ0v) is 64.5. The highest BCUT2D eigenvalue weighted by atomic mass is 16.7. The number of unbranched alkanes of at least 4 members (excludes halogenated alkanes) is 10. The summed E-state index contributed by atoms with van der Waals surface area (Å²) in [5, 5.41) is 114. The Bertz CT molecular complexity index is 2940.